The standard InChI is InChI=1S/C20H16N4O/c1-13-7-9-15(10-8-13)20-18(16-11-12-17(25)22-21-16)19(23-24-20)14-5-3-2-4-6-14/h2-12H,1H3,(H,22,25)(H,23,24). The van der Waals surface area contributed by atoms with Gasteiger partial charge >= 0.3 is 0 Å². The van der Waals surface area contributed by atoms with Gasteiger partial charge in [-0.3, -0.25) is 9.89 Å². The molecular weight excluding hydrogens is 312 g/mol. The Balaban J connectivity index is 1.96. The molecule has 0 aliphatic rings. The molecule has 0 spiro atoms. The van der Waals surface area contributed by atoms with E-state index in [0.29, 0.717) is 5.69 Å². The van der Waals surface area contributed by atoms with Crippen LogP contribution < -0.4 is 5.56 Å². The average Bonchev–Trinajstić information content (AvgIpc) is 3.09. The van der Waals surface area contributed by atoms with Crippen LogP contribution in [0.25, 0.3) is 33.8 Å². The summed E-state index contributed by atoms with van der Waals surface area (Å²) in [5.74, 6) is 0. The molecule has 0 saturated heterocycles. The van der Waals surface area contributed by atoms with Gasteiger partial charge in [0.25, 0.3) is 5.56 Å². The Morgan fingerprint density at radius 2 is 1.52 bits per heavy atom. The van der Waals surface area contributed by atoms with E-state index in [4.69, 9.17) is 0 Å². The van der Waals surface area contributed by atoms with Gasteiger partial charge in [0, 0.05) is 17.2 Å². The minimum Gasteiger partial charge on any atom is -0.277 e. The lowest BCUT2D eigenvalue weighted by Gasteiger charge is -2.06. The topological polar surface area (TPSA) is 74.4 Å². The lowest BCUT2D eigenvalue weighted by Crippen LogP contribution is -2.05. The molecule has 4 rings (SSSR count). The Kier molecular flexibility index (Phi) is 3.74. The predicted octanol–water partition coefficient (Wildman–Crippen LogP) is 3.80. The van der Waals surface area contributed by atoms with Crippen molar-refractivity contribution in [1.82, 2.24) is 20.4 Å². The number of nitrogens with one attached hydrogen (secondary N) is 2. The smallest absolute Gasteiger partial charge is 0.264 e. The Hall–Kier alpha value is -3.47. The molecule has 0 atom stereocenters. The molecule has 5 nitrogen and oxygen atoms in total. The van der Waals surface area contributed by atoms with Crippen molar-refractivity contribution in [2.75, 3.05) is 0 Å². The summed E-state index contributed by atoms with van der Waals surface area (Å²) in [6, 6.07) is 21.3. The second-order valence-corrected chi connectivity index (χ2v) is 5.86. The largest absolute Gasteiger partial charge is 0.277 e. The highest BCUT2D eigenvalue weighted by molar-refractivity contribution is 5.89. The first kappa shape index (κ1) is 15.1. The molecular formula is C20H16N4O. The predicted molar refractivity (Wildman–Crippen MR) is 98.0 cm³/mol. The maximum Gasteiger partial charge on any atom is 0.264 e. The number of aromatic nitrogens is 4. The van der Waals surface area contributed by atoms with Crippen LogP contribution in [0.3, 0.4) is 0 Å². The van der Waals surface area contributed by atoms with E-state index in [0.717, 1.165) is 28.1 Å². The third kappa shape index (κ3) is 2.87. The van der Waals surface area contributed by atoms with Gasteiger partial charge in [-0.25, -0.2) is 5.10 Å². The van der Waals surface area contributed by atoms with Gasteiger partial charge in [0.2, 0.25) is 0 Å². The monoisotopic (exact) mass is 328 g/mol. The molecule has 0 amide bonds. The zero-order chi connectivity index (χ0) is 17.2. The quantitative estimate of drug-likeness (QED) is 0.600. The number of hydrogen-bond acceptors (Lipinski definition) is 3. The Morgan fingerprint density at radius 1 is 0.760 bits per heavy atom. The van der Waals surface area contributed by atoms with Crippen molar-refractivity contribution < 1.29 is 0 Å². The van der Waals surface area contributed by atoms with Crippen molar-refractivity contribution in [2.45, 2.75) is 6.92 Å². The van der Waals surface area contributed by atoms with Crippen LogP contribution in [0, 0.1) is 6.92 Å². The second-order valence-electron chi connectivity index (χ2n) is 5.86. The highest BCUT2D eigenvalue weighted by Crippen LogP contribution is 2.36. The molecule has 0 fully saturated rings. The number of benzene rings is 2. The Bertz CT molecular complexity index is 1040. The fraction of sp³-hybridized carbons (Fsp3) is 0.0500. The van der Waals surface area contributed by atoms with Gasteiger partial charge in [-0.1, -0.05) is 60.2 Å². The van der Waals surface area contributed by atoms with Crippen LogP contribution in [0.15, 0.2) is 71.5 Å². The minimum atomic E-state index is -0.231. The third-order valence-corrected chi connectivity index (χ3v) is 4.09. The van der Waals surface area contributed by atoms with Gasteiger partial charge < -0.3 is 0 Å². The molecule has 2 N–H and O–H groups in total. The number of aromatic amines is 2. The molecule has 4 aromatic rings. The summed E-state index contributed by atoms with van der Waals surface area (Å²) in [5, 5.41) is 14.4. The molecule has 5 heteroatoms. The number of nitrogens with zero attached hydrogens (tertiary/aromatic N) is 2. The molecule has 0 unspecified atom stereocenters. The Morgan fingerprint density at radius 3 is 2.20 bits per heavy atom. The first-order valence-electron chi connectivity index (χ1n) is 7.99. The maximum atomic E-state index is 11.4. The van der Waals surface area contributed by atoms with E-state index in [-0.39, 0.29) is 5.56 Å². The summed E-state index contributed by atoms with van der Waals surface area (Å²) in [5.41, 5.74) is 6.17. The van der Waals surface area contributed by atoms with Crippen LogP contribution >= 0.6 is 0 Å². The van der Waals surface area contributed by atoms with Crippen molar-refractivity contribution in [3.05, 3.63) is 82.6 Å². The van der Waals surface area contributed by atoms with Crippen molar-refractivity contribution in [2.24, 2.45) is 0 Å². The van der Waals surface area contributed by atoms with Gasteiger partial charge in [0.15, 0.2) is 0 Å². The first-order valence-corrected chi connectivity index (χ1v) is 7.99. The third-order valence-electron chi connectivity index (χ3n) is 4.09. The zero-order valence-corrected chi connectivity index (χ0v) is 13.7. The molecule has 0 aliphatic carbocycles. The molecule has 0 bridgehead atoms. The van der Waals surface area contributed by atoms with E-state index in [2.05, 4.69) is 39.5 Å². The number of aryl methyl sites for hydroxylation is 1. The van der Waals surface area contributed by atoms with Crippen LogP contribution in [-0.2, 0) is 0 Å². The van der Waals surface area contributed by atoms with Crippen molar-refractivity contribution in [1.29, 1.82) is 0 Å². The van der Waals surface area contributed by atoms with E-state index in [9.17, 15) is 4.79 Å². The molecule has 0 radical (unpaired) electrons. The highest BCUT2D eigenvalue weighted by atomic mass is 16.1. The number of hydrogen-bond donors (Lipinski definition) is 2. The number of H-pyrrole nitrogens is 2. The van der Waals surface area contributed by atoms with Crippen LogP contribution in [0.4, 0.5) is 0 Å². The summed E-state index contributed by atoms with van der Waals surface area (Å²) in [6.45, 7) is 2.05. The SMILES string of the molecule is Cc1ccc(-c2[nH]nc(-c3ccccc3)c2-c2ccc(=O)[nH]n2)cc1. The molecule has 122 valence electrons. The first-order chi connectivity index (χ1) is 12.2. The van der Waals surface area contributed by atoms with Gasteiger partial charge in [-0.05, 0) is 13.0 Å². The van der Waals surface area contributed by atoms with Crippen LogP contribution in [0.1, 0.15) is 5.56 Å². The zero-order valence-electron chi connectivity index (χ0n) is 13.7. The van der Waals surface area contributed by atoms with E-state index >= 15 is 0 Å². The fourth-order valence-electron chi connectivity index (χ4n) is 2.81. The maximum absolute atomic E-state index is 11.4. The fourth-order valence-corrected chi connectivity index (χ4v) is 2.81. The normalized spacial score (nSPS) is 10.8. The van der Waals surface area contributed by atoms with Crippen LogP contribution in [0.5, 0.6) is 0 Å². The summed E-state index contributed by atoms with van der Waals surface area (Å²) in [7, 11) is 0. The summed E-state index contributed by atoms with van der Waals surface area (Å²) in [6.07, 6.45) is 0. The van der Waals surface area contributed by atoms with Crippen molar-refractivity contribution in [3.8, 4) is 33.8 Å². The summed E-state index contributed by atoms with van der Waals surface area (Å²) in [4.78, 5) is 11.4. The lowest BCUT2D eigenvalue weighted by atomic mass is 9.99. The molecule has 0 aliphatic heterocycles. The summed E-state index contributed by atoms with van der Waals surface area (Å²) >= 11 is 0. The van der Waals surface area contributed by atoms with Crippen LogP contribution in [-0.4, -0.2) is 20.4 Å². The van der Waals surface area contributed by atoms with Crippen LogP contribution in [0.2, 0.25) is 0 Å². The number of rotatable bonds is 3. The molecule has 25 heavy (non-hydrogen) atoms. The summed E-state index contributed by atoms with van der Waals surface area (Å²) < 4.78 is 0. The molecule has 0 saturated carbocycles. The second kappa shape index (κ2) is 6.20. The van der Waals surface area contributed by atoms with Crippen molar-refractivity contribution in [3.63, 3.8) is 0 Å². The van der Waals surface area contributed by atoms with E-state index in [1.165, 1.54) is 11.6 Å². The van der Waals surface area contributed by atoms with E-state index in [1.54, 1.807) is 6.07 Å². The van der Waals surface area contributed by atoms with Gasteiger partial charge in [0.1, 0.15) is 5.69 Å². The van der Waals surface area contributed by atoms with Gasteiger partial charge in [0.05, 0.1) is 17.0 Å². The van der Waals surface area contributed by atoms with Crippen molar-refractivity contribution >= 4 is 0 Å². The molecule has 2 heterocycles. The van der Waals surface area contributed by atoms with Gasteiger partial charge in [-0.2, -0.15) is 10.2 Å². The van der Waals surface area contributed by atoms with E-state index < -0.39 is 0 Å². The van der Waals surface area contributed by atoms with Gasteiger partial charge in [-0.15, -0.1) is 0 Å². The lowest BCUT2D eigenvalue weighted by molar-refractivity contribution is 0.996. The molecule has 2 aromatic carbocycles. The molecule has 2 aromatic heterocycles. The Labute approximate surface area is 144 Å². The average molecular weight is 328 g/mol. The minimum absolute atomic E-state index is 0.231. The van der Waals surface area contributed by atoms with E-state index in [1.807, 2.05) is 42.5 Å². The highest BCUT2D eigenvalue weighted by Gasteiger charge is 2.19.